The Balaban J connectivity index is 0.985. The Labute approximate surface area is 373 Å². The molecule has 0 saturated carbocycles. The molecule has 1 aliphatic heterocycles. The van der Waals surface area contributed by atoms with Gasteiger partial charge in [-0.2, -0.15) is 0 Å². The number of hydrogen-bond donors (Lipinski definition) is 0. The van der Waals surface area contributed by atoms with Crippen LogP contribution < -0.4 is 9.80 Å². The van der Waals surface area contributed by atoms with E-state index in [1.54, 1.807) is 0 Å². The molecule has 2 nitrogen and oxygen atoms in total. The van der Waals surface area contributed by atoms with Crippen molar-refractivity contribution in [1.82, 2.24) is 0 Å². The van der Waals surface area contributed by atoms with Gasteiger partial charge in [0.25, 0.3) is 0 Å². The van der Waals surface area contributed by atoms with E-state index in [1.165, 1.54) is 78.3 Å². The maximum absolute atomic E-state index is 2.58. The molecule has 11 rings (SSSR count). The fraction of sp³-hybridized carbons (Fsp3) is 0.180. The summed E-state index contributed by atoms with van der Waals surface area (Å²) in [7, 11) is 0. The Morgan fingerprint density at radius 1 is 0.571 bits per heavy atom. The Bertz CT molecular complexity index is 2990. The molecule has 0 fully saturated rings. The molecular formula is C61H54N2. The van der Waals surface area contributed by atoms with Gasteiger partial charge < -0.3 is 9.80 Å². The summed E-state index contributed by atoms with van der Waals surface area (Å²) < 4.78 is 0. The van der Waals surface area contributed by atoms with Crippen molar-refractivity contribution in [2.24, 2.45) is 0 Å². The van der Waals surface area contributed by atoms with Crippen LogP contribution in [0.5, 0.6) is 0 Å². The highest BCUT2D eigenvalue weighted by Gasteiger charge is 2.40. The first kappa shape index (κ1) is 39.0. The first-order valence-electron chi connectivity index (χ1n) is 22.8. The standard InChI is InChI=1S/C61H54N2/c1-41-40-56-51(50-18-9-12-22-54(50)61(56,4)5)38-39-60(2,3)55-23-15-21-49(59(41)55)44-28-32-46(33-29-44)62(45-30-26-43(27-31-45)42-16-7-6-8-17-42)47-34-36-48(37-35-47)63-57-24-13-10-19-52(57)53-20-11-14-25-58(53)63/h6-19,21-38,40-41,53H,20,39H2,1-5H3/b51-38-,56-40+. The molecule has 2 atom stereocenters. The Morgan fingerprint density at radius 3 is 1.92 bits per heavy atom. The fourth-order valence-electron chi connectivity index (χ4n) is 11.1. The van der Waals surface area contributed by atoms with Crippen molar-refractivity contribution in [3.05, 3.63) is 239 Å². The lowest BCUT2D eigenvalue weighted by Gasteiger charge is -2.30. The van der Waals surface area contributed by atoms with Crippen LogP contribution in [-0.2, 0) is 10.8 Å². The van der Waals surface area contributed by atoms with E-state index < -0.39 is 0 Å². The van der Waals surface area contributed by atoms with Crippen molar-refractivity contribution < 1.29 is 0 Å². The lowest BCUT2D eigenvalue weighted by molar-refractivity contribution is 0.528. The Morgan fingerprint density at radius 2 is 1.17 bits per heavy atom. The molecule has 0 spiro atoms. The van der Waals surface area contributed by atoms with Crippen molar-refractivity contribution in [1.29, 1.82) is 0 Å². The molecule has 2 unspecified atom stereocenters. The summed E-state index contributed by atoms with van der Waals surface area (Å²) in [5.74, 6) is 0.612. The summed E-state index contributed by atoms with van der Waals surface area (Å²) in [6.07, 6.45) is 13.9. The van der Waals surface area contributed by atoms with E-state index >= 15 is 0 Å². The summed E-state index contributed by atoms with van der Waals surface area (Å²) in [5.41, 5.74) is 22.0. The summed E-state index contributed by atoms with van der Waals surface area (Å²) in [6.45, 7) is 12.1. The van der Waals surface area contributed by atoms with Crippen LogP contribution in [0.1, 0.15) is 87.1 Å². The molecule has 0 aromatic heterocycles. The quantitative estimate of drug-likeness (QED) is 0.165. The molecule has 0 N–H and O–H groups in total. The van der Waals surface area contributed by atoms with Crippen molar-refractivity contribution in [3.63, 3.8) is 0 Å². The van der Waals surface area contributed by atoms with Crippen molar-refractivity contribution in [3.8, 4) is 22.3 Å². The largest absolute Gasteiger partial charge is 0.313 e. The summed E-state index contributed by atoms with van der Waals surface area (Å²) >= 11 is 0. The maximum atomic E-state index is 2.58. The average Bonchev–Trinajstić information content (AvgIpc) is 3.78. The van der Waals surface area contributed by atoms with Gasteiger partial charge in [0.1, 0.15) is 0 Å². The molecule has 3 aliphatic carbocycles. The van der Waals surface area contributed by atoms with E-state index in [9.17, 15) is 0 Å². The minimum atomic E-state index is -0.0607. The van der Waals surface area contributed by atoms with Crippen molar-refractivity contribution in [2.75, 3.05) is 9.80 Å². The smallest absolute Gasteiger partial charge is 0.0497 e. The van der Waals surface area contributed by atoms with Crippen molar-refractivity contribution in [2.45, 2.75) is 70.1 Å². The van der Waals surface area contributed by atoms with Crippen LogP contribution >= 0.6 is 0 Å². The Kier molecular flexibility index (Phi) is 9.39. The molecule has 0 bridgehead atoms. The molecule has 1 heterocycles. The third-order valence-corrected chi connectivity index (χ3v) is 14.4. The van der Waals surface area contributed by atoms with Gasteiger partial charge in [0.2, 0.25) is 0 Å². The van der Waals surface area contributed by atoms with Crippen LogP contribution in [-0.4, -0.2) is 0 Å². The topological polar surface area (TPSA) is 6.48 Å². The third-order valence-electron chi connectivity index (χ3n) is 14.4. The van der Waals surface area contributed by atoms with Crippen LogP contribution in [0.4, 0.5) is 28.4 Å². The van der Waals surface area contributed by atoms with Gasteiger partial charge in [0, 0.05) is 51.4 Å². The predicted molar refractivity (Wildman–Crippen MR) is 267 cm³/mol. The molecule has 7 aromatic rings. The van der Waals surface area contributed by atoms with E-state index in [0.717, 1.165) is 29.9 Å². The van der Waals surface area contributed by atoms with Gasteiger partial charge in [-0.25, -0.2) is 0 Å². The van der Waals surface area contributed by atoms with Gasteiger partial charge in [-0.05, 0) is 140 Å². The van der Waals surface area contributed by atoms with Crippen LogP contribution in [0.15, 0.2) is 212 Å². The highest BCUT2D eigenvalue weighted by atomic mass is 15.2. The molecular weight excluding hydrogens is 761 g/mol. The molecule has 0 saturated heterocycles. The first-order chi connectivity index (χ1) is 30.7. The van der Waals surface area contributed by atoms with E-state index in [-0.39, 0.29) is 16.7 Å². The SMILES string of the molecule is CC1/C=C2\C(=C/CC(C)(C)c3cccc(-c4ccc(N(c5ccc(-c6ccccc6)cc5)c5ccc(N6C7=CC=CCC7c7ccccc76)cc5)cc4)c31)c1ccccc1C2(C)C. The molecule has 0 radical (unpaired) electrons. The number of benzene rings is 7. The van der Waals surface area contributed by atoms with Gasteiger partial charge in [-0.15, -0.1) is 0 Å². The number of fused-ring (bicyclic) bond motifs is 7. The summed E-state index contributed by atoms with van der Waals surface area (Å²) in [6, 6.07) is 63.1. The normalized spacial score (nSPS) is 20.5. The van der Waals surface area contributed by atoms with E-state index in [0.29, 0.717) is 5.92 Å². The average molecular weight is 815 g/mol. The van der Waals surface area contributed by atoms with Crippen LogP contribution in [0.2, 0.25) is 0 Å². The summed E-state index contributed by atoms with van der Waals surface area (Å²) in [5, 5.41) is 0. The van der Waals surface area contributed by atoms with Crippen LogP contribution in [0.3, 0.4) is 0 Å². The van der Waals surface area contributed by atoms with Gasteiger partial charge in [-0.1, -0.05) is 174 Å². The number of allylic oxidation sites excluding steroid dienone is 8. The zero-order valence-electron chi connectivity index (χ0n) is 37.0. The van der Waals surface area contributed by atoms with Gasteiger partial charge in [0.05, 0.1) is 0 Å². The second-order valence-corrected chi connectivity index (χ2v) is 19.0. The lowest BCUT2D eigenvalue weighted by Crippen LogP contribution is -2.19. The number of para-hydroxylation sites is 1. The second-order valence-electron chi connectivity index (χ2n) is 19.0. The van der Waals surface area contributed by atoms with Gasteiger partial charge >= 0.3 is 0 Å². The van der Waals surface area contributed by atoms with Crippen LogP contribution in [0.25, 0.3) is 27.8 Å². The van der Waals surface area contributed by atoms with E-state index in [1.807, 2.05) is 0 Å². The molecule has 4 aliphatic rings. The highest BCUT2D eigenvalue weighted by Crippen LogP contribution is 2.54. The molecule has 7 aromatic carbocycles. The second kappa shape index (κ2) is 15.2. The number of nitrogens with zero attached hydrogens (tertiary/aromatic N) is 2. The van der Waals surface area contributed by atoms with E-state index in [4.69, 9.17) is 0 Å². The number of anilines is 5. The lowest BCUT2D eigenvalue weighted by atomic mass is 9.74. The minimum absolute atomic E-state index is 0.0470. The first-order valence-corrected chi connectivity index (χ1v) is 22.8. The maximum Gasteiger partial charge on any atom is 0.0497 e. The molecule has 0 amide bonds. The third kappa shape index (κ3) is 6.54. The zero-order chi connectivity index (χ0) is 42.9. The highest BCUT2D eigenvalue weighted by molar-refractivity contribution is 5.90. The van der Waals surface area contributed by atoms with Gasteiger partial charge in [0.15, 0.2) is 0 Å². The fourth-order valence-corrected chi connectivity index (χ4v) is 11.1. The number of rotatable bonds is 6. The number of hydrogen-bond acceptors (Lipinski definition) is 2. The molecule has 2 heteroatoms. The van der Waals surface area contributed by atoms with Crippen LogP contribution in [0, 0.1) is 0 Å². The monoisotopic (exact) mass is 814 g/mol. The van der Waals surface area contributed by atoms with Crippen molar-refractivity contribution >= 4 is 34.0 Å². The molecule has 63 heavy (non-hydrogen) atoms. The minimum Gasteiger partial charge on any atom is -0.313 e. The zero-order valence-corrected chi connectivity index (χ0v) is 37.0. The van der Waals surface area contributed by atoms with Gasteiger partial charge in [-0.3, -0.25) is 0 Å². The summed E-state index contributed by atoms with van der Waals surface area (Å²) in [4.78, 5) is 4.85. The predicted octanol–water partition coefficient (Wildman–Crippen LogP) is 16.7. The Hall–Kier alpha value is -6.90. The molecule has 308 valence electrons. The van der Waals surface area contributed by atoms with E-state index in [2.05, 4.69) is 245 Å².